The van der Waals surface area contributed by atoms with Crippen LogP contribution < -0.4 is 0 Å². The van der Waals surface area contributed by atoms with E-state index < -0.39 is 12.3 Å². The molecule has 0 saturated carbocycles. The Morgan fingerprint density at radius 3 is 2.77 bits per heavy atom. The smallest absolute Gasteiger partial charge is 0.227 e. The minimum atomic E-state index is -1.54. The molecule has 164 valence electrons. The standard InChI is InChI=1S/C23H24Cl2FN3O2/c1-13-14-5-4-6-17(23(2,31)12-26)15(14)9-10-29(13)20(30)11-16-18(24)7-8-19-21(16)22(25)27-28(19)3/h4-8,13,31H,9-12H2,1-3H3/t13-,23-/m0/s1. The number of hydrogen-bond donors (Lipinski definition) is 1. The largest absolute Gasteiger partial charge is 0.383 e. The van der Waals surface area contributed by atoms with Crippen LogP contribution in [0.25, 0.3) is 10.9 Å². The molecule has 0 bridgehead atoms. The minimum absolute atomic E-state index is 0.0740. The summed E-state index contributed by atoms with van der Waals surface area (Å²) in [6.07, 6.45) is 0.645. The monoisotopic (exact) mass is 463 g/mol. The number of alkyl halides is 1. The van der Waals surface area contributed by atoms with Crippen LogP contribution in [0, 0.1) is 0 Å². The first kappa shape index (κ1) is 22.1. The number of rotatable bonds is 4. The maximum Gasteiger partial charge on any atom is 0.227 e. The van der Waals surface area contributed by atoms with Gasteiger partial charge in [0.2, 0.25) is 5.91 Å². The zero-order valence-electron chi connectivity index (χ0n) is 17.6. The van der Waals surface area contributed by atoms with E-state index in [1.807, 2.05) is 19.1 Å². The molecule has 0 unspecified atom stereocenters. The minimum Gasteiger partial charge on any atom is -0.383 e. The summed E-state index contributed by atoms with van der Waals surface area (Å²) in [5.41, 5.74) is 2.35. The SMILES string of the molecule is C[C@H]1c2cccc([C@@](C)(O)CF)c2CCN1C(=O)Cc1c(Cl)ccc2c1c(Cl)nn2C. The Morgan fingerprint density at radius 1 is 1.32 bits per heavy atom. The van der Waals surface area contributed by atoms with Gasteiger partial charge in [0.15, 0.2) is 5.15 Å². The van der Waals surface area contributed by atoms with Gasteiger partial charge in [-0.25, -0.2) is 4.39 Å². The van der Waals surface area contributed by atoms with E-state index in [2.05, 4.69) is 5.10 Å². The highest BCUT2D eigenvalue weighted by molar-refractivity contribution is 6.37. The molecule has 2 aromatic carbocycles. The fourth-order valence-electron chi connectivity index (χ4n) is 4.56. The average Bonchev–Trinajstić information content (AvgIpc) is 3.03. The summed E-state index contributed by atoms with van der Waals surface area (Å²) in [6, 6.07) is 8.87. The molecule has 0 saturated heterocycles. The van der Waals surface area contributed by atoms with E-state index in [-0.39, 0.29) is 18.4 Å². The molecule has 1 N–H and O–H groups in total. The Balaban J connectivity index is 1.66. The first-order valence-electron chi connectivity index (χ1n) is 10.2. The van der Waals surface area contributed by atoms with E-state index in [0.717, 1.165) is 16.6 Å². The number of amides is 1. The van der Waals surface area contributed by atoms with Crippen molar-refractivity contribution >= 4 is 40.0 Å². The lowest BCUT2D eigenvalue weighted by molar-refractivity contribution is -0.133. The third-order valence-electron chi connectivity index (χ3n) is 6.25. The zero-order chi connectivity index (χ0) is 22.5. The van der Waals surface area contributed by atoms with Crippen molar-refractivity contribution in [3.8, 4) is 0 Å². The molecule has 0 aliphatic carbocycles. The summed E-state index contributed by atoms with van der Waals surface area (Å²) in [5.74, 6) is -0.0740. The lowest BCUT2D eigenvalue weighted by Crippen LogP contribution is -2.41. The third-order valence-corrected chi connectivity index (χ3v) is 6.87. The molecular formula is C23H24Cl2FN3O2. The van der Waals surface area contributed by atoms with E-state index in [9.17, 15) is 14.3 Å². The van der Waals surface area contributed by atoms with Crippen molar-refractivity contribution in [1.29, 1.82) is 0 Å². The fraction of sp³-hybridized carbons (Fsp3) is 0.391. The van der Waals surface area contributed by atoms with E-state index in [0.29, 0.717) is 39.7 Å². The van der Waals surface area contributed by atoms with Crippen LogP contribution in [0.5, 0.6) is 0 Å². The molecule has 0 radical (unpaired) electrons. The van der Waals surface area contributed by atoms with E-state index in [1.165, 1.54) is 6.92 Å². The molecule has 3 aromatic rings. The number of fused-ring (bicyclic) bond motifs is 2. The van der Waals surface area contributed by atoms with Gasteiger partial charge in [-0.2, -0.15) is 5.10 Å². The molecule has 0 fully saturated rings. The first-order valence-corrected chi connectivity index (χ1v) is 10.9. The van der Waals surface area contributed by atoms with Gasteiger partial charge in [0, 0.05) is 24.0 Å². The van der Waals surface area contributed by atoms with Crippen LogP contribution in [0.1, 0.15) is 42.1 Å². The van der Waals surface area contributed by atoms with E-state index >= 15 is 0 Å². The number of carbonyl (C=O) groups excluding carboxylic acids is 1. The highest BCUT2D eigenvalue weighted by atomic mass is 35.5. The number of benzene rings is 2. The van der Waals surface area contributed by atoms with Gasteiger partial charge >= 0.3 is 0 Å². The van der Waals surface area contributed by atoms with Gasteiger partial charge in [0.05, 0.1) is 18.0 Å². The number of halogens is 3. The molecule has 31 heavy (non-hydrogen) atoms. The molecule has 5 nitrogen and oxygen atoms in total. The normalized spacial score (nSPS) is 18.2. The molecule has 1 amide bonds. The summed E-state index contributed by atoms with van der Waals surface area (Å²) >= 11 is 12.8. The molecule has 1 aliphatic heterocycles. The van der Waals surface area contributed by atoms with Gasteiger partial charge in [0.25, 0.3) is 0 Å². The van der Waals surface area contributed by atoms with Gasteiger partial charge < -0.3 is 10.0 Å². The number of hydrogen-bond acceptors (Lipinski definition) is 3. The van der Waals surface area contributed by atoms with Gasteiger partial charge in [-0.05, 0) is 54.7 Å². The summed E-state index contributed by atoms with van der Waals surface area (Å²) in [6.45, 7) is 3.03. The highest BCUT2D eigenvalue weighted by Crippen LogP contribution is 2.37. The Kier molecular flexibility index (Phi) is 5.75. The Labute approximate surface area is 190 Å². The predicted molar refractivity (Wildman–Crippen MR) is 120 cm³/mol. The Hall–Kier alpha value is -2.15. The quantitative estimate of drug-likeness (QED) is 0.607. The maximum atomic E-state index is 13.4. The Morgan fingerprint density at radius 2 is 2.06 bits per heavy atom. The summed E-state index contributed by atoms with van der Waals surface area (Å²) in [4.78, 5) is 15.1. The number of aryl methyl sites for hydroxylation is 1. The molecule has 4 rings (SSSR count). The number of aliphatic hydroxyl groups is 1. The van der Waals surface area contributed by atoms with Gasteiger partial charge in [-0.15, -0.1) is 0 Å². The molecule has 1 aliphatic rings. The van der Waals surface area contributed by atoms with Crippen LogP contribution in [0.4, 0.5) is 4.39 Å². The molecular weight excluding hydrogens is 440 g/mol. The van der Waals surface area contributed by atoms with Gasteiger partial charge in [-0.3, -0.25) is 9.48 Å². The molecule has 8 heteroatoms. The Bertz CT molecular complexity index is 1180. The van der Waals surface area contributed by atoms with E-state index in [4.69, 9.17) is 23.2 Å². The number of aromatic nitrogens is 2. The van der Waals surface area contributed by atoms with Crippen molar-refractivity contribution in [3.05, 3.63) is 62.8 Å². The van der Waals surface area contributed by atoms with Crippen LogP contribution in [-0.2, 0) is 30.3 Å². The second kappa shape index (κ2) is 8.08. The summed E-state index contributed by atoms with van der Waals surface area (Å²) in [7, 11) is 1.79. The zero-order valence-corrected chi connectivity index (χ0v) is 19.1. The van der Waals surface area contributed by atoms with Crippen LogP contribution in [0.2, 0.25) is 10.2 Å². The molecule has 0 spiro atoms. The van der Waals surface area contributed by atoms with Crippen molar-refractivity contribution < 1.29 is 14.3 Å². The lowest BCUT2D eigenvalue weighted by Gasteiger charge is -2.38. The third kappa shape index (κ3) is 3.71. The fourth-order valence-corrected chi connectivity index (χ4v) is 5.11. The maximum absolute atomic E-state index is 13.4. The van der Waals surface area contributed by atoms with Crippen molar-refractivity contribution in [3.63, 3.8) is 0 Å². The van der Waals surface area contributed by atoms with Crippen LogP contribution in [0.15, 0.2) is 30.3 Å². The second-order valence-electron chi connectivity index (χ2n) is 8.31. The lowest BCUT2D eigenvalue weighted by atomic mass is 9.83. The van der Waals surface area contributed by atoms with E-state index in [1.54, 1.807) is 34.8 Å². The number of nitrogens with zero attached hydrogens (tertiary/aromatic N) is 3. The molecule has 2 heterocycles. The van der Waals surface area contributed by atoms with Gasteiger partial charge in [0.1, 0.15) is 12.3 Å². The van der Waals surface area contributed by atoms with Crippen molar-refractivity contribution in [2.24, 2.45) is 7.05 Å². The van der Waals surface area contributed by atoms with Crippen molar-refractivity contribution in [1.82, 2.24) is 14.7 Å². The molecule has 2 atom stereocenters. The van der Waals surface area contributed by atoms with Crippen LogP contribution in [0.3, 0.4) is 0 Å². The van der Waals surface area contributed by atoms with Crippen LogP contribution in [-0.4, -0.2) is 38.9 Å². The van der Waals surface area contributed by atoms with Crippen LogP contribution >= 0.6 is 23.2 Å². The first-order chi connectivity index (χ1) is 14.7. The second-order valence-corrected chi connectivity index (χ2v) is 9.07. The topological polar surface area (TPSA) is 58.4 Å². The van der Waals surface area contributed by atoms with Crippen molar-refractivity contribution in [2.45, 2.75) is 38.3 Å². The van der Waals surface area contributed by atoms with Crippen molar-refractivity contribution in [2.75, 3.05) is 13.2 Å². The number of carbonyl (C=O) groups is 1. The summed E-state index contributed by atoms with van der Waals surface area (Å²) < 4.78 is 15.1. The average molecular weight is 464 g/mol. The van der Waals surface area contributed by atoms with Gasteiger partial charge in [-0.1, -0.05) is 41.4 Å². The molecule has 1 aromatic heterocycles. The predicted octanol–water partition coefficient (Wildman–Crippen LogP) is 4.75. The highest BCUT2D eigenvalue weighted by Gasteiger charge is 2.34. The summed E-state index contributed by atoms with van der Waals surface area (Å²) in [5, 5.41) is 16.2.